The second-order valence-electron chi connectivity index (χ2n) is 7.28. The van der Waals surface area contributed by atoms with E-state index >= 15 is 0 Å². The van der Waals surface area contributed by atoms with E-state index in [4.69, 9.17) is 14.2 Å². The van der Waals surface area contributed by atoms with E-state index < -0.39 is 15.9 Å². The maximum atomic E-state index is 13.3. The molecule has 2 aromatic rings. The summed E-state index contributed by atoms with van der Waals surface area (Å²) >= 11 is 0. The van der Waals surface area contributed by atoms with E-state index in [-0.39, 0.29) is 23.1 Å². The highest BCUT2D eigenvalue weighted by molar-refractivity contribution is 7.89. The highest BCUT2D eigenvalue weighted by atomic mass is 32.2. The number of hydrogen-bond acceptors (Lipinski definition) is 6. The van der Waals surface area contributed by atoms with Crippen LogP contribution in [0.2, 0.25) is 0 Å². The molecule has 1 atom stereocenters. The Bertz CT molecular complexity index is 1010. The maximum absolute atomic E-state index is 13.3. The Hall–Kier alpha value is -2.78. The number of benzene rings is 2. The van der Waals surface area contributed by atoms with Gasteiger partial charge in [-0.25, -0.2) is 8.42 Å². The Morgan fingerprint density at radius 1 is 1.03 bits per heavy atom. The zero-order valence-electron chi connectivity index (χ0n) is 18.0. The summed E-state index contributed by atoms with van der Waals surface area (Å²) in [6, 6.07) is 12.1. The van der Waals surface area contributed by atoms with Crippen molar-refractivity contribution in [1.29, 1.82) is 0 Å². The average Bonchev–Trinajstić information content (AvgIpc) is 2.82. The topological polar surface area (TPSA) is 94.2 Å². The Morgan fingerprint density at radius 3 is 2.35 bits per heavy atom. The molecule has 1 amide bonds. The average molecular weight is 449 g/mol. The van der Waals surface area contributed by atoms with Crippen LogP contribution in [0.4, 0.5) is 0 Å². The molecule has 0 bridgehead atoms. The van der Waals surface area contributed by atoms with Gasteiger partial charge < -0.3 is 19.5 Å². The van der Waals surface area contributed by atoms with E-state index in [1.807, 2.05) is 24.3 Å². The largest absolute Gasteiger partial charge is 0.497 e. The summed E-state index contributed by atoms with van der Waals surface area (Å²) in [4.78, 5) is 12.8. The van der Waals surface area contributed by atoms with E-state index in [1.165, 1.54) is 24.6 Å². The normalized spacial score (nSPS) is 17.1. The molecule has 9 heteroatoms. The molecule has 2 aromatic carbocycles. The summed E-state index contributed by atoms with van der Waals surface area (Å²) in [6.45, 7) is 0.845. The molecular formula is C22H28N2O6S. The molecule has 1 saturated heterocycles. The highest BCUT2D eigenvalue weighted by Gasteiger charge is 2.35. The van der Waals surface area contributed by atoms with Crippen molar-refractivity contribution in [2.24, 2.45) is 5.92 Å². The van der Waals surface area contributed by atoms with Crippen LogP contribution in [0.15, 0.2) is 47.4 Å². The van der Waals surface area contributed by atoms with Gasteiger partial charge in [-0.05, 0) is 42.7 Å². The van der Waals surface area contributed by atoms with Gasteiger partial charge >= 0.3 is 0 Å². The first kappa shape index (κ1) is 22.9. The van der Waals surface area contributed by atoms with Crippen molar-refractivity contribution in [3.63, 3.8) is 0 Å². The van der Waals surface area contributed by atoms with Crippen LogP contribution < -0.4 is 19.5 Å². The molecule has 0 aliphatic carbocycles. The van der Waals surface area contributed by atoms with Crippen molar-refractivity contribution < 1.29 is 27.4 Å². The fourth-order valence-electron chi connectivity index (χ4n) is 3.58. The summed E-state index contributed by atoms with van der Waals surface area (Å²) in [5, 5.41) is 2.91. The van der Waals surface area contributed by atoms with E-state index in [9.17, 15) is 13.2 Å². The lowest BCUT2D eigenvalue weighted by Gasteiger charge is -2.31. The van der Waals surface area contributed by atoms with Gasteiger partial charge in [0.05, 0.1) is 27.2 Å². The van der Waals surface area contributed by atoms with E-state index in [0.717, 1.165) is 11.3 Å². The molecule has 0 saturated carbocycles. The van der Waals surface area contributed by atoms with Crippen LogP contribution in [0.5, 0.6) is 17.2 Å². The van der Waals surface area contributed by atoms with Crippen molar-refractivity contribution >= 4 is 15.9 Å². The van der Waals surface area contributed by atoms with Gasteiger partial charge in [-0.2, -0.15) is 4.31 Å². The van der Waals surface area contributed by atoms with Crippen LogP contribution in [0.3, 0.4) is 0 Å². The van der Waals surface area contributed by atoms with Crippen LogP contribution in [0, 0.1) is 5.92 Å². The third-order valence-corrected chi connectivity index (χ3v) is 7.26. The molecule has 1 fully saturated rings. The number of methoxy groups -OCH3 is 3. The minimum Gasteiger partial charge on any atom is -0.497 e. The zero-order valence-corrected chi connectivity index (χ0v) is 18.8. The first-order chi connectivity index (χ1) is 14.9. The number of sulfonamides is 1. The molecule has 3 rings (SSSR count). The number of piperidine rings is 1. The van der Waals surface area contributed by atoms with Crippen LogP contribution in [-0.2, 0) is 21.4 Å². The minimum absolute atomic E-state index is 0.0358. The summed E-state index contributed by atoms with van der Waals surface area (Å²) < 4.78 is 43.5. The lowest BCUT2D eigenvalue weighted by atomic mass is 9.99. The third kappa shape index (κ3) is 5.29. The Labute approximate surface area is 183 Å². The third-order valence-electron chi connectivity index (χ3n) is 5.37. The highest BCUT2D eigenvalue weighted by Crippen LogP contribution is 2.32. The van der Waals surface area contributed by atoms with Gasteiger partial charge in [0.1, 0.15) is 22.1 Å². The number of carbonyl (C=O) groups excluding carboxylic acids is 1. The predicted octanol–water partition coefficient (Wildman–Crippen LogP) is 2.43. The van der Waals surface area contributed by atoms with Crippen LogP contribution in [0.25, 0.3) is 0 Å². The monoisotopic (exact) mass is 448 g/mol. The molecule has 8 nitrogen and oxygen atoms in total. The van der Waals surface area contributed by atoms with Crippen LogP contribution in [0.1, 0.15) is 18.4 Å². The van der Waals surface area contributed by atoms with Gasteiger partial charge in [-0.15, -0.1) is 0 Å². The lowest BCUT2D eigenvalue weighted by Crippen LogP contribution is -2.45. The van der Waals surface area contributed by atoms with E-state index in [2.05, 4.69) is 5.32 Å². The van der Waals surface area contributed by atoms with Gasteiger partial charge in [-0.3, -0.25) is 4.79 Å². The molecule has 0 spiro atoms. The van der Waals surface area contributed by atoms with Gasteiger partial charge in [0, 0.05) is 25.7 Å². The zero-order chi connectivity index (χ0) is 22.4. The number of hydrogen-bond donors (Lipinski definition) is 1. The summed E-state index contributed by atoms with van der Waals surface area (Å²) in [7, 11) is 0.651. The number of nitrogens with zero attached hydrogens (tertiary/aromatic N) is 1. The van der Waals surface area contributed by atoms with E-state index in [1.54, 1.807) is 19.2 Å². The van der Waals surface area contributed by atoms with Gasteiger partial charge in [0.15, 0.2) is 0 Å². The van der Waals surface area contributed by atoms with Crippen LogP contribution >= 0.6 is 0 Å². The molecule has 0 unspecified atom stereocenters. The molecule has 1 heterocycles. The van der Waals surface area contributed by atoms with Crippen molar-refractivity contribution in [2.45, 2.75) is 24.3 Å². The Morgan fingerprint density at radius 2 is 1.71 bits per heavy atom. The van der Waals surface area contributed by atoms with Crippen molar-refractivity contribution in [2.75, 3.05) is 34.4 Å². The molecule has 1 N–H and O–H groups in total. The fourth-order valence-corrected chi connectivity index (χ4v) is 5.27. The molecule has 0 radical (unpaired) electrons. The lowest BCUT2D eigenvalue weighted by molar-refractivity contribution is -0.126. The number of amides is 1. The van der Waals surface area contributed by atoms with Crippen molar-refractivity contribution in [3.8, 4) is 17.2 Å². The minimum atomic E-state index is -3.84. The van der Waals surface area contributed by atoms with Gasteiger partial charge in [0.2, 0.25) is 15.9 Å². The second kappa shape index (κ2) is 10.0. The number of ether oxygens (including phenoxy) is 3. The number of rotatable bonds is 8. The van der Waals surface area contributed by atoms with Gasteiger partial charge in [0.25, 0.3) is 0 Å². The fraction of sp³-hybridized carbons (Fsp3) is 0.409. The number of carbonyl (C=O) groups is 1. The predicted molar refractivity (Wildman–Crippen MR) is 116 cm³/mol. The standard InChI is InChI=1S/C22H28N2O6S/c1-28-18-8-6-16(7-9-18)14-23-22(25)17-5-4-12-24(15-17)31(26,27)21-13-19(29-2)10-11-20(21)30-3/h6-11,13,17H,4-5,12,14-15H2,1-3H3,(H,23,25)/t17-/m0/s1. The first-order valence-electron chi connectivity index (χ1n) is 10.0. The molecule has 0 aromatic heterocycles. The van der Waals surface area contributed by atoms with Crippen LogP contribution in [-0.4, -0.2) is 53.0 Å². The molecule has 31 heavy (non-hydrogen) atoms. The molecule has 168 valence electrons. The Balaban J connectivity index is 1.69. The smallest absolute Gasteiger partial charge is 0.246 e. The summed E-state index contributed by atoms with van der Waals surface area (Å²) in [6.07, 6.45) is 1.24. The molecule has 1 aliphatic rings. The molecule has 1 aliphatic heterocycles. The SMILES string of the molecule is COc1ccc(CNC(=O)[C@H]2CCCN(S(=O)(=O)c3cc(OC)ccc3OC)C2)cc1. The van der Waals surface area contributed by atoms with Crippen molar-refractivity contribution in [3.05, 3.63) is 48.0 Å². The second-order valence-corrected chi connectivity index (χ2v) is 9.19. The quantitative estimate of drug-likeness (QED) is 0.667. The molecular weight excluding hydrogens is 420 g/mol. The summed E-state index contributed by atoms with van der Waals surface area (Å²) in [5.74, 6) is 0.833. The number of nitrogens with one attached hydrogen (secondary N) is 1. The van der Waals surface area contributed by atoms with Gasteiger partial charge in [-0.1, -0.05) is 12.1 Å². The van der Waals surface area contributed by atoms with Crippen molar-refractivity contribution in [1.82, 2.24) is 9.62 Å². The first-order valence-corrected chi connectivity index (χ1v) is 11.5. The van der Waals surface area contributed by atoms with E-state index in [0.29, 0.717) is 31.7 Å². The summed E-state index contributed by atoms with van der Waals surface area (Å²) in [5.41, 5.74) is 0.940. The maximum Gasteiger partial charge on any atom is 0.246 e. The Kier molecular flexibility index (Phi) is 7.40.